The van der Waals surface area contributed by atoms with Crippen molar-refractivity contribution in [2.75, 3.05) is 4.90 Å². The number of ketones is 1. The van der Waals surface area contributed by atoms with E-state index in [1.165, 1.54) is 12.1 Å². The van der Waals surface area contributed by atoms with Gasteiger partial charge in [-0.1, -0.05) is 0 Å². The Labute approximate surface area is 145 Å². The Morgan fingerprint density at radius 2 is 1.72 bits per heavy atom. The summed E-state index contributed by atoms with van der Waals surface area (Å²) in [5.41, 5.74) is 3.04. The van der Waals surface area contributed by atoms with Crippen LogP contribution in [0.15, 0.2) is 60.1 Å². The van der Waals surface area contributed by atoms with Crippen LogP contribution < -0.4 is 4.90 Å². The van der Waals surface area contributed by atoms with Crippen LogP contribution in [0.25, 0.3) is 0 Å². The molecule has 1 atom stereocenters. The molecule has 0 bridgehead atoms. The first-order valence-electron chi connectivity index (χ1n) is 8.40. The Morgan fingerprint density at radius 1 is 1.00 bits per heavy atom. The van der Waals surface area contributed by atoms with Gasteiger partial charge >= 0.3 is 0 Å². The van der Waals surface area contributed by atoms with Crippen LogP contribution in [0.2, 0.25) is 0 Å². The lowest BCUT2D eigenvalue weighted by atomic mass is 9.77. The molecule has 2 aliphatic rings. The maximum Gasteiger partial charge on any atom is 0.232 e. The van der Waals surface area contributed by atoms with Crippen molar-refractivity contribution >= 4 is 17.4 Å². The predicted octanol–water partition coefficient (Wildman–Crippen LogP) is 3.75. The molecular formula is C20H17FN2O2. The summed E-state index contributed by atoms with van der Waals surface area (Å²) in [6, 6.07) is 9.56. The molecule has 25 heavy (non-hydrogen) atoms. The second kappa shape index (κ2) is 6.24. The van der Waals surface area contributed by atoms with E-state index in [1.807, 2.05) is 12.1 Å². The third kappa shape index (κ3) is 2.76. The molecule has 1 aliphatic heterocycles. The van der Waals surface area contributed by atoms with Crippen LogP contribution in [0.1, 0.15) is 37.2 Å². The SMILES string of the molecule is O=C1CCCC2=C1C(c1ccncc1)CC(=O)N2c1ccc(F)cc1. The monoisotopic (exact) mass is 336 g/mol. The molecule has 0 spiro atoms. The van der Waals surface area contributed by atoms with E-state index in [4.69, 9.17) is 0 Å². The van der Waals surface area contributed by atoms with E-state index in [2.05, 4.69) is 4.98 Å². The number of Topliss-reactive ketones (excluding diaryl/α,β-unsaturated/α-hetero) is 1. The number of anilines is 1. The Hall–Kier alpha value is -2.82. The lowest BCUT2D eigenvalue weighted by molar-refractivity contribution is -0.119. The molecule has 1 aromatic carbocycles. The number of hydrogen-bond donors (Lipinski definition) is 0. The smallest absolute Gasteiger partial charge is 0.232 e. The first-order chi connectivity index (χ1) is 12.1. The molecular weight excluding hydrogens is 319 g/mol. The first-order valence-corrected chi connectivity index (χ1v) is 8.40. The highest BCUT2D eigenvalue weighted by Gasteiger charge is 2.39. The van der Waals surface area contributed by atoms with E-state index in [0.717, 1.165) is 23.3 Å². The fourth-order valence-electron chi connectivity index (χ4n) is 3.76. The topological polar surface area (TPSA) is 50.3 Å². The second-order valence-electron chi connectivity index (χ2n) is 6.38. The number of rotatable bonds is 2. The van der Waals surface area contributed by atoms with E-state index in [1.54, 1.807) is 29.4 Å². The quantitative estimate of drug-likeness (QED) is 0.839. The lowest BCUT2D eigenvalue weighted by Crippen LogP contribution is -2.40. The first kappa shape index (κ1) is 15.7. The average Bonchev–Trinajstić information content (AvgIpc) is 2.63. The number of aromatic nitrogens is 1. The summed E-state index contributed by atoms with van der Waals surface area (Å²) < 4.78 is 13.3. The normalized spacial score (nSPS) is 20.7. The van der Waals surface area contributed by atoms with Crippen LogP contribution in [0.4, 0.5) is 10.1 Å². The zero-order chi connectivity index (χ0) is 17.4. The van der Waals surface area contributed by atoms with E-state index >= 15 is 0 Å². The number of amides is 1. The van der Waals surface area contributed by atoms with E-state index < -0.39 is 0 Å². The molecule has 1 aromatic heterocycles. The summed E-state index contributed by atoms with van der Waals surface area (Å²) in [6.07, 6.45) is 5.49. The molecule has 2 aromatic rings. The number of hydrogen-bond acceptors (Lipinski definition) is 3. The van der Waals surface area contributed by atoms with Crippen molar-refractivity contribution in [3.63, 3.8) is 0 Å². The number of nitrogens with zero attached hydrogens (tertiary/aromatic N) is 2. The highest BCUT2D eigenvalue weighted by Crippen LogP contribution is 2.43. The summed E-state index contributed by atoms with van der Waals surface area (Å²) >= 11 is 0. The summed E-state index contributed by atoms with van der Waals surface area (Å²) in [7, 11) is 0. The fourth-order valence-corrected chi connectivity index (χ4v) is 3.76. The van der Waals surface area contributed by atoms with Gasteiger partial charge in [0.05, 0.1) is 0 Å². The van der Waals surface area contributed by atoms with Crippen LogP contribution >= 0.6 is 0 Å². The molecule has 1 aliphatic carbocycles. The standard InChI is InChI=1S/C20H17FN2O2/c21-14-4-6-15(7-5-14)23-17-2-1-3-18(24)20(17)16(12-19(23)25)13-8-10-22-11-9-13/h4-11,16H,1-3,12H2. The van der Waals surface area contributed by atoms with Crippen molar-refractivity contribution < 1.29 is 14.0 Å². The molecule has 4 nitrogen and oxygen atoms in total. The molecule has 5 heteroatoms. The zero-order valence-corrected chi connectivity index (χ0v) is 13.6. The number of benzene rings is 1. The van der Waals surface area contributed by atoms with Gasteiger partial charge in [-0.15, -0.1) is 0 Å². The molecule has 2 heterocycles. The molecule has 0 fully saturated rings. The fraction of sp³-hybridized carbons (Fsp3) is 0.250. The van der Waals surface area contributed by atoms with Gasteiger partial charge in [0, 0.05) is 48.1 Å². The number of allylic oxidation sites excluding steroid dienone is 2. The molecule has 1 amide bonds. The summed E-state index contributed by atoms with van der Waals surface area (Å²) in [6.45, 7) is 0. The van der Waals surface area contributed by atoms with E-state index in [-0.39, 0.29) is 29.8 Å². The highest BCUT2D eigenvalue weighted by atomic mass is 19.1. The minimum atomic E-state index is -0.350. The second-order valence-corrected chi connectivity index (χ2v) is 6.38. The van der Waals surface area contributed by atoms with E-state index in [0.29, 0.717) is 18.5 Å². The van der Waals surface area contributed by atoms with Crippen molar-refractivity contribution in [3.8, 4) is 0 Å². The number of halogens is 1. The summed E-state index contributed by atoms with van der Waals surface area (Å²) in [5, 5.41) is 0. The molecule has 126 valence electrons. The number of carbonyl (C=O) groups is 2. The molecule has 0 radical (unpaired) electrons. The van der Waals surface area contributed by atoms with Gasteiger partial charge in [0.1, 0.15) is 5.82 Å². The predicted molar refractivity (Wildman–Crippen MR) is 91.4 cm³/mol. The van der Waals surface area contributed by atoms with Crippen LogP contribution in [-0.2, 0) is 9.59 Å². The zero-order valence-electron chi connectivity index (χ0n) is 13.6. The third-order valence-corrected chi connectivity index (χ3v) is 4.87. The van der Waals surface area contributed by atoms with E-state index in [9.17, 15) is 14.0 Å². The van der Waals surface area contributed by atoms with Crippen molar-refractivity contribution in [1.82, 2.24) is 4.98 Å². The van der Waals surface area contributed by atoms with Gasteiger partial charge in [0.2, 0.25) is 5.91 Å². The Morgan fingerprint density at radius 3 is 2.44 bits per heavy atom. The molecule has 0 saturated heterocycles. The van der Waals surface area contributed by atoms with Gasteiger partial charge in [-0.3, -0.25) is 19.5 Å². The minimum Gasteiger partial charge on any atom is -0.294 e. The Kier molecular flexibility index (Phi) is 3.92. The Bertz CT molecular complexity index is 859. The molecule has 1 unspecified atom stereocenters. The largest absolute Gasteiger partial charge is 0.294 e. The summed E-state index contributed by atoms with van der Waals surface area (Å²) in [5.74, 6) is -0.545. The number of carbonyl (C=O) groups excluding carboxylic acids is 2. The van der Waals surface area contributed by atoms with Crippen LogP contribution in [0.3, 0.4) is 0 Å². The van der Waals surface area contributed by atoms with Gasteiger partial charge < -0.3 is 0 Å². The van der Waals surface area contributed by atoms with Crippen molar-refractivity contribution in [2.45, 2.75) is 31.6 Å². The minimum absolute atomic E-state index is 0.0677. The van der Waals surface area contributed by atoms with Crippen LogP contribution in [0.5, 0.6) is 0 Å². The number of pyridine rings is 1. The van der Waals surface area contributed by atoms with Gasteiger partial charge in [0.25, 0.3) is 0 Å². The van der Waals surface area contributed by atoms with Crippen molar-refractivity contribution in [3.05, 3.63) is 71.4 Å². The van der Waals surface area contributed by atoms with Gasteiger partial charge in [-0.25, -0.2) is 4.39 Å². The maximum absolute atomic E-state index is 13.3. The molecule has 0 N–H and O–H groups in total. The lowest BCUT2D eigenvalue weighted by Gasteiger charge is -2.38. The van der Waals surface area contributed by atoms with Crippen molar-refractivity contribution in [2.24, 2.45) is 0 Å². The third-order valence-electron chi connectivity index (χ3n) is 4.87. The van der Waals surface area contributed by atoms with Gasteiger partial charge in [-0.05, 0) is 54.8 Å². The highest BCUT2D eigenvalue weighted by molar-refractivity contribution is 6.07. The summed E-state index contributed by atoms with van der Waals surface area (Å²) in [4.78, 5) is 31.2. The van der Waals surface area contributed by atoms with Crippen LogP contribution in [-0.4, -0.2) is 16.7 Å². The van der Waals surface area contributed by atoms with Crippen molar-refractivity contribution in [1.29, 1.82) is 0 Å². The molecule has 4 rings (SSSR count). The van der Waals surface area contributed by atoms with Gasteiger partial charge in [0.15, 0.2) is 5.78 Å². The maximum atomic E-state index is 13.3. The van der Waals surface area contributed by atoms with Crippen LogP contribution in [0, 0.1) is 5.82 Å². The Balaban J connectivity index is 1.85. The average molecular weight is 336 g/mol. The van der Waals surface area contributed by atoms with Gasteiger partial charge in [-0.2, -0.15) is 0 Å². The molecule has 0 saturated carbocycles.